The molecule has 3 rings (SSSR count). The second kappa shape index (κ2) is 11.9. The fourth-order valence-corrected chi connectivity index (χ4v) is 3.56. The molecule has 1 N–H and O–H groups in total. The molecule has 0 aliphatic carbocycles. The van der Waals surface area contributed by atoms with E-state index in [0.29, 0.717) is 25.1 Å². The average molecular weight is 446 g/mol. The van der Waals surface area contributed by atoms with E-state index in [9.17, 15) is 9.59 Å². The molecule has 0 aliphatic rings. The zero-order valence-electron chi connectivity index (χ0n) is 19.3. The summed E-state index contributed by atoms with van der Waals surface area (Å²) in [6.45, 7) is 3.31. The summed E-state index contributed by atoms with van der Waals surface area (Å²) >= 11 is 0. The number of nitrogens with zero attached hydrogens (tertiary/aromatic N) is 1. The highest BCUT2D eigenvalue weighted by Crippen LogP contribution is 2.22. The number of aryl methyl sites for hydroxylation is 1. The van der Waals surface area contributed by atoms with Crippen LogP contribution in [0.1, 0.15) is 47.7 Å². The Morgan fingerprint density at radius 3 is 2.30 bits per heavy atom. The van der Waals surface area contributed by atoms with Gasteiger partial charge in [-0.3, -0.25) is 9.59 Å². The molecule has 0 heterocycles. The quantitative estimate of drug-likeness (QED) is 0.378. The summed E-state index contributed by atoms with van der Waals surface area (Å²) in [5.74, 6) is -0.0469. The molecule has 5 nitrogen and oxygen atoms in total. The van der Waals surface area contributed by atoms with Crippen molar-refractivity contribution < 1.29 is 19.4 Å². The summed E-state index contributed by atoms with van der Waals surface area (Å²) < 4.78 is 5.67. The van der Waals surface area contributed by atoms with Crippen molar-refractivity contribution >= 4 is 11.9 Å². The molecule has 172 valence electrons. The van der Waals surface area contributed by atoms with Gasteiger partial charge in [-0.2, -0.15) is 0 Å². The summed E-state index contributed by atoms with van der Waals surface area (Å²) in [6, 6.07) is 23.4. The molecular formula is C28H31NO4. The van der Waals surface area contributed by atoms with Crippen LogP contribution in [0.15, 0.2) is 72.8 Å². The fourth-order valence-electron chi connectivity index (χ4n) is 3.56. The van der Waals surface area contributed by atoms with Gasteiger partial charge in [0.15, 0.2) is 0 Å². The standard InChI is InChI=1S/C28H31NO4/c1-3-4-18-33-26-15-13-24(14-16-26)28(32)29(2)20-22-6-5-7-25(19-22)23-11-8-21(9-12-23)10-17-27(30)31/h5-9,11-16,19H,3-4,10,17-18,20H2,1-2H3,(H,30,31). The first-order valence-electron chi connectivity index (χ1n) is 11.3. The number of benzene rings is 3. The van der Waals surface area contributed by atoms with Gasteiger partial charge in [-0.1, -0.05) is 55.8 Å². The van der Waals surface area contributed by atoms with Crippen molar-refractivity contribution in [3.8, 4) is 16.9 Å². The molecule has 0 saturated heterocycles. The highest BCUT2D eigenvalue weighted by Gasteiger charge is 2.13. The third kappa shape index (κ3) is 7.21. The molecule has 5 heteroatoms. The first kappa shape index (κ1) is 24.1. The summed E-state index contributed by atoms with van der Waals surface area (Å²) in [7, 11) is 1.80. The number of carboxylic acid groups (broad SMARTS) is 1. The number of carbonyl (C=O) groups excluding carboxylic acids is 1. The van der Waals surface area contributed by atoms with Gasteiger partial charge in [0.2, 0.25) is 0 Å². The molecule has 0 aliphatic heterocycles. The van der Waals surface area contributed by atoms with Gasteiger partial charge >= 0.3 is 5.97 Å². The van der Waals surface area contributed by atoms with E-state index in [2.05, 4.69) is 13.0 Å². The van der Waals surface area contributed by atoms with Crippen LogP contribution in [0.3, 0.4) is 0 Å². The number of amides is 1. The van der Waals surface area contributed by atoms with Gasteiger partial charge in [0, 0.05) is 25.6 Å². The molecule has 0 spiro atoms. The summed E-state index contributed by atoms with van der Waals surface area (Å²) in [5.41, 5.74) is 4.80. The number of carboxylic acids is 1. The lowest BCUT2D eigenvalue weighted by atomic mass is 10.0. The van der Waals surface area contributed by atoms with Gasteiger partial charge in [-0.05, 0) is 65.4 Å². The molecule has 3 aromatic rings. The van der Waals surface area contributed by atoms with E-state index in [0.717, 1.165) is 40.8 Å². The first-order valence-corrected chi connectivity index (χ1v) is 11.3. The first-order chi connectivity index (χ1) is 16.0. The lowest BCUT2D eigenvalue weighted by molar-refractivity contribution is -0.136. The van der Waals surface area contributed by atoms with Crippen molar-refractivity contribution in [3.63, 3.8) is 0 Å². The SMILES string of the molecule is CCCCOc1ccc(C(=O)N(C)Cc2cccc(-c3ccc(CCC(=O)O)cc3)c2)cc1. The zero-order valence-corrected chi connectivity index (χ0v) is 19.3. The number of unbranched alkanes of at least 4 members (excludes halogenated alkanes) is 1. The van der Waals surface area contributed by atoms with Crippen LogP contribution in [0, 0.1) is 0 Å². The average Bonchev–Trinajstić information content (AvgIpc) is 2.83. The lowest BCUT2D eigenvalue weighted by Gasteiger charge is -2.18. The van der Waals surface area contributed by atoms with E-state index < -0.39 is 5.97 Å². The van der Waals surface area contributed by atoms with E-state index >= 15 is 0 Å². The predicted molar refractivity (Wildman–Crippen MR) is 130 cm³/mol. The van der Waals surface area contributed by atoms with Crippen molar-refractivity contribution in [1.29, 1.82) is 0 Å². The van der Waals surface area contributed by atoms with Crippen LogP contribution >= 0.6 is 0 Å². The molecule has 0 aromatic heterocycles. The molecular weight excluding hydrogens is 414 g/mol. The Kier molecular flexibility index (Phi) is 8.64. The second-order valence-corrected chi connectivity index (χ2v) is 8.18. The maximum atomic E-state index is 12.9. The van der Waals surface area contributed by atoms with Crippen molar-refractivity contribution in [2.45, 2.75) is 39.2 Å². The van der Waals surface area contributed by atoms with Crippen LogP contribution in [0.4, 0.5) is 0 Å². The molecule has 0 radical (unpaired) electrons. The maximum absolute atomic E-state index is 12.9. The molecule has 33 heavy (non-hydrogen) atoms. The van der Waals surface area contributed by atoms with Gasteiger partial charge in [-0.15, -0.1) is 0 Å². The Morgan fingerprint density at radius 2 is 1.64 bits per heavy atom. The highest BCUT2D eigenvalue weighted by atomic mass is 16.5. The zero-order chi connectivity index (χ0) is 23.6. The Hall–Kier alpha value is -3.60. The van der Waals surface area contributed by atoms with E-state index in [1.165, 1.54) is 0 Å². The van der Waals surface area contributed by atoms with Crippen molar-refractivity contribution in [3.05, 3.63) is 89.5 Å². The van der Waals surface area contributed by atoms with E-state index in [1.54, 1.807) is 11.9 Å². The summed E-state index contributed by atoms with van der Waals surface area (Å²) in [6.07, 6.45) is 2.75. The molecule has 3 aromatic carbocycles. The Bertz CT molecular complexity index is 1060. The minimum Gasteiger partial charge on any atom is -0.494 e. The normalized spacial score (nSPS) is 10.6. The van der Waals surface area contributed by atoms with E-state index in [1.807, 2.05) is 66.7 Å². The van der Waals surface area contributed by atoms with Gasteiger partial charge in [0.25, 0.3) is 5.91 Å². The van der Waals surface area contributed by atoms with Crippen LogP contribution in [0.5, 0.6) is 5.75 Å². The number of ether oxygens (including phenoxy) is 1. The third-order valence-corrected chi connectivity index (χ3v) is 5.48. The fraction of sp³-hybridized carbons (Fsp3) is 0.286. The van der Waals surface area contributed by atoms with Crippen molar-refractivity contribution in [2.24, 2.45) is 0 Å². The number of carbonyl (C=O) groups is 2. The van der Waals surface area contributed by atoms with Crippen LogP contribution in [-0.2, 0) is 17.8 Å². The Morgan fingerprint density at radius 1 is 0.909 bits per heavy atom. The van der Waals surface area contributed by atoms with Crippen molar-refractivity contribution in [1.82, 2.24) is 4.90 Å². The number of aliphatic carboxylic acids is 1. The predicted octanol–water partition coefficient (Wildman–Crippen LogP) is 5.82. The lowest BCUT2D eigenvalue weighted by Crippen LogP contribution is -2.26. The second-order valence-electron chi connectivity index (χ2n) is 8.18. The van der Waals surface area contributed by atoms with E-state index in [4.69, 9.17) is 9.84 Å². The molecule has 0 fully saturated rings. The topological polar surface area (TPSA) is 66.8 Å². The smallest absolute Gasteiger partial charge is 0.303 e. The monoisotopic (exact) mass is 445 g/mol. The molecule has 0 atom stereocenters. The molecule has 0 bridgehead atoms. The van der Waals surface area contributed by atoms with Crippen LogP contribution in [0.2, 0.25) is 0 Å². The van der Waals surface area contributed by atoms with Gasteiger partial charge in [0.1, 0.15) is 5.75 Å². The number of hydrogen-bond acceptors (Lipinski definition) is 3. The highest BCUT2D eigenvalue weighted by molar-refractivity contribution is 5.94. The summed E-state index contributed by atoms with van der Waals surface area (Å²) in [4.78, 5) is 25.3. The largest absolute Gasteiger partial charge is 0.494 e. The maximum Gasteiger partial charge on any atom is 0.303 e. The Labute approximate surface area is 195 Å². The minimum atomic E-state index is -0.790. The number of rotatable bonds is 11. The Balaban J connectivity index is 1.62. The van der Waals surface area contributed by atoms with E-state index in [-0.39, 0.29) is 12.3 Å². The van der Waals surface area contributed by atoms with Crippen molar-refractivity contribution in [2.75, 3.05) is 13.7 Å². The minimum absolute atomic E-state index is 0.0386. The molecule has 1 amide bonds. The van der Waals surface area contributed by atoms with Gasteiger partial charge < -0.3 is 14.7 Å². The van der Waals surface area contributed by atoms with Crippen LogP contribution in [0.25, 0.3) is 11.1 Å². The summed E-state index contributed by atoms with van der Waals surface area (Å²) in [5, 5.41) is 8.84. The third-order valence-electron chi connectivity index (χ3n) is 5.48. The van der Waals surface area contributed by atoms with Gasteiger partial charge in [-0.25, -0.2) is 0 Å². The number of hydrogen-bond donors (Lipinski definition) is 1. The van der Waals surface area contributed by atoms with Crippen LogP contribution in [-0.4, -0.2) is 35.5 Å². The molecule has 0 saturated carbocycles. The van der Waals surface area contributed by atoms with Crippen LogP contribution < -0.4 is 4.74 Å². The molecule has 0 unspecified atom stereocenters. The van der Waals surface area contributed by atoms with Gasteiger partial charge in [0.05, 0.1) is 6.61 Å².